The third kappa shape index (κ3) is 6.00. The number of hydrogen-bond donors (Lipinski definition) is 0. The molecule has 11 heteroatoms. The third-order valence-corrected chi connectivity index (χ3v) is 12.1. The molecule has 9 nitrogen and oxygen atoms in total. The van der Waals surface area contributed by atoms with E-state index in [9.17, 15) is 13.2 Å². The Balaban J connectivity index is 1.91. The van der Waals surface area contributed by atoms with Gasteiger partial charge in [0.05, 0.1) is 32.1 Å². The molecule has 2 heterocycles. The van der Waals surface area contributed by atoms with Crippen molar-refractivity contribution in [3.63, 3.8) is 0 Å². The maximum Gasteiger partial charge on any atom is 0.265 e. The van der Waals surface area contributed by atoms with Crippen molar-refractivity contribution < 1.29 is 36.0 Å². The fraction of sp³-hybridized carbons (Fsp3) is 0.696. The molecule has 192 valence electrons. The summed E-state index contributed by atoms with van der Waals surface area (Å²) in [5.41, 5.74) is 0.883. The van der Waals surface area contributed by atoms with Crippen LogP contribution in [0.5, 0.6) is 5.75 Å². The average Bonchev–Trinajstić information content (AvgIpc) is 2.82. The number of benzene rings is 1. The lowest BCUT2D eigenvalue weighted by molar-refractivity contribution is -0.269. The van der Waals surface area contributed by atoms with Gasteiger partial charge in [-0.3, -0.25) is 8.98 Å². The number of carbonyl (C=O) groups is 1. The monoisotopic (exact) mass is 515 g/mol. The Bertz CT molecular complexity index is 929. The van der Waals surface area contributed by atoms with Crippen LogP contribution in [0.15, 0.2) is 24.3 Å². The summed E-state index contributed by atoms with van der Waals surface area (Å²) in [4.78, 5) is 14.7. The molecule has 2 aliphatic rings. The van der Waals surface area contributed by atoms with Crippen LogP contribution in [0, 0.1) is 0 Å². The van der Waals surface area contributed by atoms with Crippen molar-refractivity contribution in [3.05, 3.63) is 29.8 Å². The van der Waals surface area contributed by atoms with Gasteiger partial charge in [-0.2, -0.15) is 8.42 Å². The minimum Gasteiger partial charge on any atom is -0.497 e. The van der Waals surface area contributed by atoms with Gasteiger partial charge in [0.15, 0.2) is 20.7 Å². The first-order valence-electron chi connectivity index (χ1n) is 11.8. The average molecular weight is 516 g/mol. The first kappa shape index (κ1) is 27.1. The molecule has 0 saturated carbocycles. The molecule has 0 aliphatic carbocycles. The lowest BCUT2D eigenvalue weighted by Crippen LogP contribution is -2.73. The van der Waals surface area contributed by atoms with Gasteiger partial charge in [-0.25, -0.2) is 0 Å². The molecule has 0 N–H and O–H groups in total. The number of carbonyl (C=O) groups excluding carboxylic acids is 1. The van der Waals surface area contributed by atoms with Gasteiger partial charge in [0.1, 0.15) is 11.9 Å². The molecule has 0 bridgehead atoms. The summed E-state index contributed by atoms with van der Waals surface area (Å²) in [6.45, 7) is 8.80. The Morgan fingerprint density at radius 2 is 1.74 bits per heavy atom. The van der Waals surface area contributed by atoms with Gasteiger partial charge >= 0.3 is 0 Å². The van der Waals surface area contributed by atoms with Crippen molar-refractivity contribution >= 4 is 24.3 Å². The van der Waals surface area contributed by atoms with E-state index < -0.39 is 55.0 Å². The van der Waals surface area contributed by atoms with Crippen LogP contribution in [-0.2, 0) is 39.5 Å². The van der Waals surface area contributed by atoms with Gasteiger partial charge in [0, 0.05) is 6.54 Å². The van der Waals surface area contributed by atoms with Crippen molar-refractivity contribution in [1.29, 1.82) is 0 Å². The van der Waals surface area contributed by atoms with Crippen molar-refractivity contribution in [2.24, 2.45) is 0 Å². The van der Waals surface area contributed by atoms with Gasteiger partial charge in [-0.05, 0) is 42.8 Å². The lowest BCUT2D eigenvalue weighted by atomic mass is 9.88. The van der Waals surface area contributed by atoms with Gasteiger partial charge in [0.25, 0.3) is 16.0 Å². The molecule has 1 amide bonds. The van der Waals surface area contributed by atoms with E-state index in [1.54, 1.807) is 18.9 Å². The molecule has 1 aromatic carbocycles. The van der Waals surface area contributed by atoms with Crippen molar-refractivity contribution in [2.45, 2.75) is 83.0 Å². The normalized spacial score (nSPS) is 28.0. The molecule has 5 atom stereocenters. The summed E-state index contributed by atoms with van der Waals surface area (Å²) >= 11 is 0. The predicted molar refractivity (Wildman–Crippen MR) is 129 cm³/mol. The van der Waals surface area contributed by atoms with Gasteiger partial charge < -0.3 is 23.5 Å². The zero-order chi connectivity index (χ0) is 25.1. The summed E-state index contributed by atoms with van der Waals surface area (Å²) in [5.74, 6) is 0.321. The molecule has 0 radical (unpaired) electrons. The minimum absolute atomic E-state index is 0.289. The largest absolute Gasteiger partial charge is 0.497 e. The van der Waals surface area contributed by atoms with Crippen LogP contribution in [-0.4, -0.2) is 78.2 Å². The van der Waals surface area contributed by atoms with E-state index >= 15 is 0 Å². The van der Waals surface area contributed by atoms with E-state index in [4.69, 9.17) is 22.8 Å². The molecule has 3 rings (SSSR count). The number of likely N-dealkylation sites (tertiary alicyclic amines) is 1. The summed E-state index contributed by atoms with van der Waals surface area (Å²) < 4.78 is 53.0. The van der Waals surface area contributed by atoms with Crippen LogP contribution in [0.3, 0.4) is 0 Å². The van der Waals surface area contributed by atoms with Crippen molar-refractivity contribution in [3.8, 4) is 5.75 Å². The van der Waals surface area contributed by atoms with Crippen molar-refractivity contribution in [2.75, 3.05) is 20.0 Å². The van der Waals surface area contributed by atoms with Crippen LogP contribution >= 0.6 is 0 Å². The van der Waals surface area contributed by atoms with E-state index in [-0.39, 0.29) is 6.54 Å². The van der Waals surface area contributed by atoms with Crippen LogP contribution < -0.4 is 4.74 Å². The molecule has 0 aromatic heterocycles. The molecule has 0 unspecified atom stereocenters. The molecule has 2 fully saturated rings. The number of rotatable bonds is 11. The molecule has 2 saturated heterocycles. The molecular formula is C23H37NO8SSi. The second kappa shape index (κ2) is 11.0. The number of β-lactam (4-membered cyclic amide) rings is 1. The molecule has 0 spiro atoms. The number of nitrogens with zero attached hydrogens (tertiary/aromatic N) is 1. The van der Waals surface area contributed by atoms with Crippen molar-refractivity contribution in [1.82, 2.24) is 4.90 Å². The highest BCUT2D eigenvalue weighted by molar-refractivity contribution is 7.86. The highest BCUT2D eigenvalue weighted by Gasteiger charge is 2.57. The SMILES string of the molecule is CC[Si](CC)(CC)O[C@@H]1CO[C@@H](C)O[C@H]1[C@@H]1[C@H](OS(C)(=O)=O)C(=O)N1Cc1ccc(OC)cc1. The van der Waals surface area contributed by atoms with Crippen LogP contribution in [0.25, 0.3) is 0 Å². The van der Waals surface area contributed by atoms with E-state index in [1.165, 1.54) is 0 Å². The Labute approximate surface area is 203 Å². The fourth-order valence-corrected chi connectivity index (χ4v) is 8.10. The van der Waals surface area contributed by atoms with E-state index in [1.807, 2.05) is 24.3 Å². The highest BCUT2D eigenvalue weighted by Crippen LogP contribution is 2.37. The number of methoxy groups -OCH3 is 1. The van der Waals surface area contributed by atoms with Gasteiger partial charge in [-0.15, -0.1) is 0 Å². The standard InChI is InChI=1S/C23H37NO8SSi/c1-7-34(8-2,9-3)32-19-15-29-16(4)30-21(19)20-22(31-33(6,26)27)23(25)24(20)14-17-10-12-18(28-5)13-11-17/h10-13,16,19-22H,7-9,14-15H2,1-6H3/t16-,19-,20-,21-,22+/m1/s1. The third-order valence-electron chi connectivity index (χ3n) is 6.87. The van der Waals surface area contributed by atoms with Gasteiger partial charge in [-0.1, -0.05) is 32.9 Å². The lowest BCUT2D eigenvalue weighted by Gasteiger charge is -2.53. The highest BCUT2D eigenvalue weighted by atomic mass is 32.2. The topological polar surface area (TPSA) is 101 Å². The number of amides is 1. The second-order valence-electron chi connectivity index (χ2n) is 8.93. The summed E-state index contributed by atoms with van der Waals surface area (Å²) in [6.07, 6.45) is -1.72. The predicted octanol–water partition coefficient (Wildman–Crippen LogP) is 2.90. The molecular weight excluding hydrogens is 478 g/mol. The minimum atomic E-state index is -3.86. The van der Waals surface area contributed by atoms with E-state index in [0.717, 1.165) is 30.0 Å². The molecule has 2 aliphatic heterocycles. The second-order valence-corrected chi connectivity index (χ2v) is 15.3. The zero-order valence-corrected chi connectivity index (χ0v) is 22.7. The van der Waals surface area contributed by atoms with Gasteiger partial charge in [0.2, 0.25) is 0 Å². The first-order chi connectivity index (χ1) is 16.1. The summed E-state index contributed by atoms with van der Waals surface area (Å²) in [5, 5.41) is 0. The molecule has 34 heavy (non-hydrogen) atoms. The summed E-state index contributed by atoms with van der Waals surface area (Å²) in [6, 6.07) is 9.60. The zero-order valence-electron chi connectivity index (χ0n) is 20.9. The first-order valence-corrected chi connectivity index (χ1v) is 16.2. The Morgan fingerprint density at radius 3 is 2.26 bits per heavy atom. The van der Waals surface area contributed by atoms with E-state index in [2.05, 4.69) is 20.8 Å². The number of ether oxygens (including phenoxy) is 3. The van der Waals surface area contributed by atoms with E-state index in [0.29, 0.717) is 12.4 Å². The maximum absolute atomic E-state index is 13.1. The van der Waals surface area contributed by atoms with Crippen LogP contribution in [0.1, 0.15) is 33.3 Å². The Kier molecular flexibility index (Phi) is 8.80. The fourth-order valence-electron chi connectivity index (χ4n) is 4.68. The summed E-state index contributed by atoms with van der Waals surface area (Å²) in [7, 11) is -4.30. The maximum atomic E-state index is 13.1. The quantitative estimate of drug-likeness (QED) is 0.252. The smallest absolute Gasteiger partial charge is 0.265 e. The number of hydrogen-bond acceptors (Lipinski definition) is 8. The Hall–Kier alpha value is -1.50. The van der Waals surface area contributed by atoms with Crippen LogP contribution in [0.2, 0.25) is 18.1 Å². The van der Waals surface area contributed by atoms with Crippen LogP contribution in [0.4, 0.5) is 0 Å². The molecule has 1 aromatic rings. The Morgan fingerprint density at radius 1 is 1.12 bits per heavy atom.